The molecule has 112 valence electrons. The summed E-state index contributed by atoms with van der Waals surface area (Å²) in [5, 5.41) is 3.45. The number of hydrogen-bond donors (Lipinski definition) is 1. The molecule has 1 aromatic carbocycles. The Balaban J connectivity index is 1.69. The lowest BCUT2D eigenvalue weighted by Crippen LogP contribution is -2.19. The van der Waals surface area contributed by atoms with Gasteiger partial charge in [-0.05, 0) is 59.6 Å². The number of furan rings is 1. The molecule has 0 radical (unpaired) electrons. The summed E-state index contributed by atoms with van der Waals surface area (Å²) in [5.41, 5.74) is 1.14. The van der Waals surface area contributed by atoms with Gasteiger partial charge in [0.1, 0.15) is 24.7 Å². The molecule has 0 amide bonds. The number of benzene rings is 1. The summed E-state index contributed by atoms with van der Waals surface area (Å²) in [6, 6.07) is 8.22. The number of hydrogen-bond acceptors (Lipinski definition) is 4. The highest BCUT2D eigenvalue weighted by Gasteiger charge is 2.17. The van der Waals surface area contributed by atoms with E-state index in [-0.39, 0.29) is 6.04 Å². The van der Waals surface area contributed by atoms with Crippen molar-refractivity contribution in [3.8, 4) is 11.5 Å². The lowest BCUT2D eigenvalue weighted by molar-refractivity contribution is 0.170. The minimum Gasteiger partial charge on any atom is -0.486 e. The quantitative estimate of drug-likeness (QED) is 0.904. The van der Waals surface area contributed by atoms with Crippen LogP contribution in [0, 0.1) is 6.92 Å². The molecule has 1 unspecified atom stereocenters. The Bertz CT molecular complexity index is 638. The van der Waals surface area contributed by atoms with Gasteiger partial charge in [0, 0.05) is 6.54 Å². The van der Waals surface area contributed by atoms with Crippen LogP contribution in [0.3, 0.4) is 0 Å². The molecule has 4 nitrogen and oxygen atoms in total. The van der Waals surface area contributed by atoms with Crippen molar-refractivity contribution in [3.63, 3.8) is 0 Å². The minimum absolute atomic E-state index is 0.158. The maximum absolute atomic E-state index is 5.64. The van der Waals surface area contributed by atoms with Gasteiger partial charge in [-0.25, -0.2) is 0 Å². The smallest absolute Gasteiger partial charge is 0.175 e. The van der Waals surface area contributed by atoms with Crippen molar-refractivity contribution in [2.75, 3.05) is 13.2 Å². The van der Waals surface area contributed by atoms with E-state index in [1.54, 1.807) is 0 Å². The second kappa shape index (κ2) is 6.12. The number of nitrogens with one attached hydrogen (secondary N) is 1. The van der Waals surface area contributed by atoms with Crippen molar-refractivity contribution >= 4 is 15.9 Å². The second-order valence-corrected chi connectivity index (χ2v) is 6.01. The normalized spacial score (nSPS) is 15.0. The van der Waals surface area contributed by atoms with Gasteiger partial charge in [-0.15, -0.1) is 0 Å². The number of rotatable bonds is 4. The van der Waals surface area contributed by atoms with E-state index in [2.05, 4.69) is 34.2 Å². The molecule has 2 heterocycles. The van der Waals surface area contributed by atoms with Gasteiger partial charge in [0.2, 0.25) is 0 Å². The van der Waals surface area contributed by atoms with Gasteiger partial charge in [0.15, 0.2) is 11.5 Å². The summed E-state index contributed by atoms with van der Waals surface area (Å²) in [5.74, 6) is 3.47. The van der Waals surface area contributed by atoms with Crippen molar-refractivity contribution in [2.24, 2.45) is 0 Å². The molecular formula is C16H18BrNO3. The highest BCUT2D eigenvalue weighted by Crippen LogP contribution is 2.38. The van der Waals surface area contributed by atoms with Crippen molar-refractivity contribution in [3.05, 3.63) is 45.8 Å². The molecule has 0 spiro atoms. The van der Waals surface area contributed by atoms with Crippen LogP contribution in [0.5, 0.6) is 11.5 Å². The number of aryl methyl sites for hydroxylation is 1. The Hall–Kier alpha value is -1.46. The molecule has 21 heavy (non-hydrogen) atoms. The van der Waals surface area contributed by atoms with Crippen molar-refractivity contribution in [1.29, 1.82) is 0 Å². The van der Waals surface area contributed by atoms with Crippen molar-refractivity contribution in [1.82, 2.24) is 5.32 Å². The van der Waals surface area contributed by atoms with Crippen LogP contribution in [0.15, 0.2) is 33.2 Å². The van der Waals surface area contributed by atoms with Crippen LogP contribution in [0.1, 0.15) is 30.0 Å². The van der Waals surface area contributed by atoms with E-state index in [1.807, 2.05) is 25.1 Å². The molecule has 0 bridgehead atoms. The molecule has 0 saturated carbocycles. The summed E-state index contributed by atoms with van der Waals surface area (Å²) in [6.07, 6.45) is 0. The molecule has 0 saturated heterocycles. The van der Waals surface area contributed by atoms with E-state index in [9.17, 15) is 0 Å². The van der Waals surface area contributed by atoms with Gasteiger partial charge in [-0.3, -0.25) is 0 Å². The zero-order valence-corrected chi connectivity index (χ0v) is 13.7. The minimum atomic E-state index is 0.158. The van der Waals surface area contributed by atoms with E-state index >= 15 is 0 Å². The predicted octanol–water partition coefficient (Wildman–Crippen LogP) is 3.97. The molecule has 5 heteroatoms. The van der Waals surface area contributed by atoms with Crippen molar-refractivity contribution in [2.45, 2.75) is 26.4 Å². The zero-order chi connectivity index (χ0) is 14.8. The third-order valence-corrected chi connectivity index (χ3v) is 4.05. The molecule has 1 aliphatic heterocycles. The Morgan fingerprint density at radius 2 is 2.05 bits per heavy atom. The fourth-order valence-electron chi connectivity index (χ4n) is 2.32. The largest absolute Gasteiger partial charge is 0.486 e. The van der Waals surface area contributed by atoms with Crippen LogP contribution in [0.25, 0.3) is 0 Å². The fourth-order valence-corrected chi connectivity index (χ4v) is 2.93. The first-order chi connectivity index (χ1) is 10.1. The average Bonchev–Trinajstić information content (AvgIpc) is 2.91. The summed E-state index contributed by atoms with van der Waals surface area (Å²) >= 11 is 3.54. The molecule has 3 rings (SSSR count). The third kappa shape index (κ3) is 3.24. The Kier molecular flexibility index (Phi) is 4.22. The highest BCUT2D eigenvalue weighted by molar-refractivity contribution is 9.10. The lowest BCUT2D eigenvalue weighted by Gasteiger charge is -2.21. The first kappa shape index (κ1) is 14.5. The number of halogens is 1. The topological polar surface area (TPSA) is 43.6 Å². The molecule has 1 atom stereocenters. The van der Waals surface area contributed by atoms with Crippen LogP contribution in [-0.2, 0) is 6.54 Å². The first-order valence-corrected chi connectivity index (χ1v) is 7.80. The maximum Gasteiger partial charge on any atom is 0.175 e. The summed E-state index contributed by atoms with van der Waals surface area (Å²) in [7, 11) is 0. The summed E-state index contributed by atoms with van der Waals surface area (Å²) < 4.78 is 17.8. The second-order valence-electron chi connectivity index (χ2n) is 5.15. The molecular weight excluding hydrogens is 334 g/mol. The SMILES string of the molecule is Cc1ccc(C(C)NCc2cc(Br)c3c(c2)OCCO3)o1. The Labute approximate surface area is 132 Å². The van der Waals surface area contributed by atoms with Crippen LogP contribution in [-0.4, -0.2) is 13.2 Å². The summed E-state index contributed by atoms with van der Waals surface area (Å²) in [6.45, 7) is 5.96. The van der Waals surface area contributed by atoms with Gasteiger partial charge >= 0.3 is 0 Å². The predicted molar refractivity (Wildman–Crippen MR) is 83.8 cm³/mol. The Morgan fingerprint density at radius 3 is 2.81 bits per heavy atom. The third-order valence-electron chi connectivity index (χ3n) is 3.46. The van der Waals surface area contributed by atoms with Crippen molar-refractivity contribution < 1.29 is 13.9 Å². The van der Waals surface area contributed by atoms with Crippen LogP contribution < -0.4 is 14.8 Å². The van der Waals surface area contributed by atoms with Gasteiger partial charge in [0.25, 0.3) is 0 Å². The van der Waals surface area contributed by atoms with Gasteiger partial charge in [-0.1, -0.05) is 0 Å². The molecule has 0 fully saturated rings. The van der Waals surface area contributed by atoms with Gasteiger partial charge in [0.05, 0.1) is 10.5 Å². The van der Waals surface area contributed by atoms with E-state index in [1.165, 1.54) is 0 Å². The van der Waals surface area contributed by atoms with E-state index in [0.717, 1.165) is 39.6 Å². The molecule has 1 aliphatic rings. The Morgan fingerprint density at radius 1 is 1.24 bits per heavy atom. The average molecular weight is 352 g/mol. The van der Waals surface area contributed by atoms with Crippen LogP contribution in [0.4, 0.5) is 0 Å². The van der Waals surface area contributed by atoms with Crippen LogP contribution >= 0.6 is 15.9 Å². The van der Waals surface area contributed by atoms with Gasteiger partial charge < -0.3 is 19.2 Å². The van der Waals surface area contributed by atoms with E-state index in [4.69, 9.17) is 13.9 Å². The van der Waals surface area contributed by atoms with Gasteiger partial charge in [-0.2, -0.15) is 0 Å². The molecule has 2 aromatic rings. The highest BCUT2D eigenvalue weighted by atomic mass is 79.9. The fraction of sp³-hybridized carbons (Fsp3) is 0.375. The standard InChI is InChI=1S/C16H18BrNO3/c1-10-3-4-14(21-10)11(2)18-9-12-7-13(17)16-15(8-12)19-5-6-20-16/h3-4,7-8,11,18H,5-6,9H2,1-2H3. The molecule has 1 N–H and O–H groups in total. The maximum atomic E-state index is 5.64. The number of fused-ring (bicyclic) bond motifs is 1. The van der Waals surface area contributed by atoms with E-state index in [0.29, 0.717) is 13.2 Å². The zero-order valence-electron chi connectivity index (χ0n) is 12.1. The lowest BCUT2D eigenvalue weighted by atomic mass is 10.1. The van der Waals surface area contributed by atoms with E-state index < -0.39 is 0 Å². The monoisotopic (exact) mass is 351 g/mol. The van der Waals surface area contributed by atoms with Crippen LogP contribution in [0.2, 0.25) is 0 Å². The molecule has 0 aliphatic carbocycles. The summed E-state index contributed by atoms with van der Waals surface area (Å²) in [4.78, 5) is 0. The number of ether oxygens (including phenoxy) is 2. The first-order valence-electron chi connectivity index (χ1n) is 7.01. The molecule has 1 aromatic heterocycles.